The fourth-order valence-electron chi connectivity index (χ4n) is 4.19. The molecule has 1 saturated heterocycles. The number of rotatable bonds is 13. The highest BCUT2D eigenvalue weighted by Crippen LogP contribution is 2.39. The van der Waals surface area contributed by atoms with Gasteiger partial charge in [0.25, 0.3) is 0 Å². The molecule has 0 aliphatic carbocycles. The van der Waals surface area contributed by atoms with Crippen molar-refractivity contribution in [1.82, 2.24) is 0 Å². The van der Waals surface area contributed by atoms with E-state index in [9.17, 15) is 5.11 Å². The molecule has 0 saturated carbocycles. The molecule has 3 aromatic carbocycles. The van der Waals surface area contributed by atoms with Crippen LogP contribution < -0.4 is 0 Å². The lowest BCUT2D eigenvalue weighted by Gasteiger charge is -2.41. The number of hydrogen-bond donors (Lipinski definition) is 1. The van der Waals surface area contributed by atoms with Gasteiger partial charge in [0.15, 0.2) is 0 Å². The number of aliphatic hydroxyl groups is 1. The second-order valence-electron chi connectivity index (χ2n) is 9.28. The van der Waals surface area contributed by atoms with Crippen molar-refractivity contribution in [1.29, 1.82) is 0 Å². The third-order valence-corrected chi connectivity index (χ3v) is 9.15. The average Bonchev–Trinajstić information content (AvgIpc) is 2.92. The van der Waals surface area contributed by atoms with E-state index in [2.05, 4.69) is 12.1 Å². The SMILES string of the molecule is C[C@@](O)(COCc1ccccc1)[C@@H](OCc1ccccc1)[C@@H](OCc1ccccc1)C1SCCCS1. The molecule has 4 nitrogen and oxygen atoms in total. The molecule has 4 rings (SSSR count). The van der Waals surface area contributed by atoms with E-state index in [0.717, 1.165) is 28.2 Å². The molecule has 1 aliphatic heterocycles. The topological polar surface area (TPSA) is 47.9 Å². The number of thioether (sulfide) groups is 2. The van der Waals surface area contributed by atoms with Crippen molar-refractivity contribution in [3.63, 3.8) is 0 Å². The first-order chi connectivity index (χ1) is 17.6. The van der Waals surface area contributed by atoms with Gasteiger partial charge in [-0.25, -0.2) is 0 Å². The normalized spacial score (nSPS) is 17.8. The van der Waals surface area contributed by atoms with E-state index < -0.39 is 11.7 Å². The van der Waals surface area contributed by atoms with Gasteiger partial charge in [-0.05, 0) is 41.5 Å². The smallest absolute Gasteiger partial charge is 0.117 e. The summed E-state index contributed by atoms with van der Waals surface area (Å²) < 4.78 is 19.3. The summed E-state index contributed by atoms with van der Waals surface area (Å²) in [6, 6.07) is 30.3. The predicted octanol–water partition coefficient (Wildman–Crippen LogP) is 6.32. The molecule has 1 aliphatic rings. The van der Waals surface area contributed by atoms with Gasteiger partial charge in [0.1, 0.15) is 17.8 Å². The quantitative estimate of drug-likeness (QED) is 0.282. The summed E-state index contributed by atoms with van der Waals surface area (Å²) in [5.41, 5.74) is 2.00. The van der Waals surface area contributed by atoms with Crippen LogP contribution in [0.3, 0.4) is 0 Å². The minimum absolute atomic E-state index is 0.147. The Bertz CT molecular complexity index is 995. The van der Waals surface area contributed by atoms with Crippen molar-refractivity contribution in [2.45, 2.75) is 55.6 Å². The van der Waals surface area contributed by atoms with E-state index in [1.165, 1.54) is 6.42 Å². The van der Waals surface area contributed by atoms with E-state index in [1.807, 2.05) is 109 Å². The summed E-state index contributed by atoms with van der Waals surface area (Å²) in [7, 11) is 0. The molecule has 0 amide bonds. The largest absolute Gasteiger partial charge is 0.385 e. The molecule has 3 aromatic rings. The zero-order valence-corrected chi connectivity index (χ0v) is 22.5. The fraction of sp³-hybridized carbons (Fsp3) is 0.400. The maximum absolute atomic E-state index is 11.8. The first kappa shape index (κ1) is 27.2. The van der Waals surface area contributed by atoms with Crippen LogP contribution in [0.25, 0.3) is 0 Å². The molecule has 0 aromatic heterocycles. The second-order valence-corrected chi connectivity index (χ2v) is 12.1. The Kier molecular flexibility index (Phi) is 10.8. The Labute approximate surface area is 223 Å². The van der Waals surface area contributed by atoms with Crippen molar-refractivity contribution >= 4 is 23.5 Å². The highest BCUT2D eigenvalue weighted by molar-refractivity contribution is 8.17. The molecule has 0 unspecified atom stereocenters. The van der Waals surface area contributed by atoms with E-state index in [1.54, 1.807) is 0 Å². The lowest BCUT2D eigenvalue weighted by Crippen LogP contribution is -2.55. The molecule has 3 atom stereocenters. The van der Waals surface area contributed by atoms with Gasteiger partial charge in [0.05, 0.1) is 31.0 Å². The Hall–Kier alpha value is -1.80. The van der Waals surface area contributed by atoms with Crippen LogP contribution in [0.1, 0.15) is 30.0 Å². The zero-order valence-electron chi connectivity index (χ0n) is 20.8. The standard InChI is InChI=1S/C30H36O4S2/c1-30(31,23-32-20-24-12-5-2-6-13-24)28(34-22-26-16-9-4-10-17-26)27(29-35-18-11-19-36-29)33-21-25-14-7-3-8-15-25/h2-10,12-17,27-29,31H,11,18-23H2,1H3/t27-,28+,30-/m1/s1. The molecule has 1 N–H and O–H groups in total. The van der Waals surface area contributed by atoms with Crippen LogP contribution in [0.4, 0.5) is 0 Å². The molecule has 0 bridgehead atoms. The number of benzene rings is 3. The number of hydrogen-bond acceptors (Lipinski definition) is 6. The average molecular weight is 525 g/mol. The highest BCUT2D eigenvalue weighted by atomic mass is 32.2. The third kappa shape index (κ3) is 8.37. The summed E-state index contributed by atoms with van der Waals surface area (Å²) in [5, 5.41) is 11.8. The lowest BCUT2D eigenvalue weighted by atomic mass is 9.95. The van der Waals surface area contributed by atoms with Crippen LogP contribution in [0.2, 0.25) is 0 Å². The number of ether oxygens (including phenoxy) is 3. The van der Waals surface area contributed by atoms with Crippen molar-refractivity contribution in [3.05, 3.63) is 108 Å². The maximum Gasteiger partial charge on any atom is 0.117 e. The van der Waals surface area contributed by atoms with Gasteiger partial charge in [0.2, 0.25) is 0 Å². The third-order valence-electron chi connectivity index (χ3n) is 6.10. The van der Waals surface area contributed by atoms with Crippen LogP contribution in [-0.2, 0) is 34.0 Å². The zero-order chi connectivity index (χ0) is 25.1. The van der Waals surface area contributed by atoms with E-state index >= 15 is 0 Å². The van der Waals surface area contributed by atoms with Crippen LogP contribution in [0.5, 0.6) is 0 Å². The van der Waals surface area contributed by atoms with Crippen LogP contribution in [0.15, 0.2) is 91.0 Å². The van der Waals surface area contributed by atoms with Gasteiger partial charge in [-0.3, -0.25) is 0 Å². The van der Waals surface area contributed by atoms with Crippen molar-refractivity contribution < 1.29 is 19.3 Å². The molecular formula is C30H36O4S2. The summed E-state index contributed by atoms with van der Waals surface area (Å²) in [6.45, 7) is 3.26. The summed E-state index contributed by atoms with van der Waals surface area (Å²) >= 11 is 3.80. The van der Waals surface area contributed by atoms with Gasteiger partial charge >= 0.3 is 0 Å². The molecule has 0 spiro atoms. The van der Waals surface area contributed by atoms with Gasteiger partial charge in [-0.2, -0.15) is 0 Å². The summed E-state index contributed by atoms with van der Waals surface area (Å²) in [5.74, 6) is 2.17. The van der Waals surface area contributed by atoms with Crippen LogP contribution >= 0.6 is 23.5 Å². The predicted molar refractivity (Wildman–Crippen MR) is 150 cm³/mol. The maximum atomic E-state index is 11.8. The highest BCUT2D eigenvalue weighted by Gasteiger charge is 2.44. The minimum Gasteiger partial charge on any atom is -0.385 e. The van der Waals surface area contributed by atoms with Gasteiger partial charge in [0, 0.05) is 0 Å². The second kappa shape index (κ2) is 14.2. The minimum atomic E-state index is -1.25. The molecule has 36 heavy (non-hydrogen) atoms. The van der Waals surface area contributed by atoms with Crippen LogP contribution in [-0.4, -0.2) is 45.6 Å². The first-order valence-corrected chi connectivity index (χ1v) is 14.6. The molecule has 0 radical (unpaired) electrons. The molecule has 1 heterocycles. The van der Waals surface area contributed by atoms with Gasteiger partial charge in [-0.15, -0.1) is 23.5 Å². The monoisotopic (exact) mass is 524 g/mol. The van der Waals surface area contributed by atoms with Crippen molar-refractivity contribution in [2.75, 3.05) is 18.1 Å². The van der Waals surface area contributed by atoms with Gasteiger partial charge in [-0.1, -0.05) is 91.0 Å². The Morgan fingerprint density at radius 1 is 0.750 bits per heavy atom. The molecule has 1 fully saturated rings. The van der Waals surface area contributed by atoms with Crippen molar-refractivity contribution in [2.24, 2.45) is 0 Å². The summed E-state index contributed by atoms with van der Waals surface area (Å²) in [4.78, 5) is 0. The molecule has 6 heteroatoms. The Morgan fingerprint density at radius 3 is 1.75 bits per heavy atom. The lowest BCUT2D eigenvalue weighted by molar-refractivity contribution is -0.186. The molecular weight excluding hydrogens is 488 g/mol. The Balaban J connectivity index is 1.53. The van der Waals surface area contributed by atoms with Crippen molar-refractivity contribution in [3.8, 4) is 0 Å². The van der Waals surface area contributed by atoms with E-state index in [4.69, 9.17) is 14.2 Å². The summed E-state index contributed by atoms with van der Waals surface area (Å²) in [6.07, 6.45) is 0.309. The van der Waals surface area contributed by atoms with E-state index in [0.29, 0.717) is 19.8 Å². The van der Waals surface area contributed by atoms with E-state index in [-0.39, 0.29) is 17.3 Å². The fourth-order valence-corrected chi connectivity index (χ4v) is 7.24. The molecule has 192 valence electrons. The van der Waals surface area contributed by atoms with Gasteiger partial charge < -0.3 is 19.3 Å². The Morgan fingerprint density at radius 2 is 1.22 bits per heavy atom. The van der Waals surface area contributed by atoms with Crippen LogP contribution in [0, 0.1) is 0 Å². The first-order valence-electron chi connectivity index (χ1n) is 12.5.